The van der Waals surface area contributed by atoms with E-state index in [1.807, 2.05) is 42.5 Å². The first-order valence-corrected chi connectivity index (χ1v) is 9.19. The van der Waals surface area contributed by atoms with E-state index in [1.54, 1.807) is 0 Å². The van der Waals surface area contributed by atoms with Gasteiger partial charge in [-0.2, -0.15) is 5.10 Å². The minimum atomic E-state index is 0.0487. The van der Waals surface area contributed by atoms with Crippen LogP contribution in [0.3, 0.4) is 0 Å². The van der Waals surface area contributed by atoms with Crippen molar-refractivity contribution in [1.29, 1.82) is 0 Å². The number of carbonyl (C=O) groups excluding carboxylic acids is 1. The monoisotopic (exact) mass is 341 g/mol. The molecule has 1 fully saturated rings. The Hall–Kier alpha value is -2.37. The van der Waals surface area contributed by atoms with Crippen LogP contribution in [0, 0.1) is 6.92 Å². The molecule has 0 saturated carbocycles. The van der Waals surface area contributed by atoms with Crippen molar-refractivity contribution in [3.63, 3.8) is 0 Å². The molecule has 2 N–H and O–H groups in total. The molecule has 0 aliphatic carbocycles. The van der Waals surface area contributed by atoms with Crippen LogP contribution in [0.2, 0.25) is 0 Å². The van der Waals surface area contributed by atoms with E-state index in [4.69, 9.17) is 0 Å². The van der Waals surface area contributed by atoms with Gasteiger partial charge >= 0.3 is 6.03 Å². The lowest BCUT2D eigenvalue weighted by molar-refractivity contribution is 0.175. The van der Waals surface area contributed by atoms with Gasteiger partial charge in [-0.05, 0) is 55.9 Å². The number of pyridine rings is 1. The fraction of sp³-hybridized carbons (Fsp3) is 0.526. The first kappa shape index (κ1) is 17.5. The van der Waals surface area contributed by atoms with Crippen LogP contribution in [0.15, 0.2) is 30.7 Å². The molecular weight excluding hydrogens is 314 g/mol. The summed E-state index contributed by atoms with van der Waals surface area (Å²) in [5.74, 6) is 0. The van der Waals surface area contributed by atoms with Gasteiger partial charge in [0.25, 0.3) is 0 Å². The minimum absolute atomic E-state index is 0.0487. The second-order valence-corrected chi connectivity index (χ2v) is 6.69. The van der Waals surface area contributed by atoms with Crippen LogP contribution in [0.1, 0.15) is 55.0 Å². The predicted octanol–water partition coefficient (Wildman–Crippen LogP) is 3.37. The van der Waals surface area contributed by atoms with Gasteiger partial charge in [0, 0.05) is 31.2 Å². The third-order valence-corrected chi connectivity index (χ3v) is 4.94. The van der Waals surface area contributed by atoms with Gasteiger partial charge in [-0.25, -0.2) is 4.79 Å². The van der Waals surface area contributed by atoms with Crippen molar-refractivity contribution in [3.8, 4) is 0 Å². The fourth-order valence-electron chi connectivity index (χ4n) is 3.49. The van der Waals surface area contributed by atoms with Crippen LogP contribution in [-0.2, 0) is 6.42 Å². The third kappa shape index (κ3) is 4.59. The van der Waals surface area contributed by atoms with E-state index < -0.39 is 0 Å². The number of rotatable bonds is 5. The molecule has 1 aliphatic heterocycles. The number of nitrogens with zero attached hydrogens (tertiary/aromatic N) is 3. The molecule has 6 heteroatoms. The number of carbonyl (C=O) groups is 1. The summed E-state index contributed by atoms with van der Waals surface area (Å²) < 4.78 is 0. The molecule has 2 aromatic rings. The molecule has 2 aromatic heterocycles. The molecule has 0 bridgehead atoms. The number of amides is 2. The van der Waals surface area contributed by atoms with Crippen LogP contribution in [0.25, 0.3) is 0 Å². The van der Waals surface area contributed by atoms with Gasteiger partial charge in [-0.1, -0.05) is 12.8 Å². The average molecular weight is 341 g/mol. The minimum Gasteiger partial charge on any atom is -0.338 e. The Labute approximate surface area is 149 Å². The molecule has 6 nitrogen and oxygen atoms in total. The first-order valence-electron chi connectivity index (χ1n) is 9.19. The Kier molecular flexibility index (Phi) is 6.04. The van der Waals surface area contributed by atoms with E-state index in [1.165, 1.54) is 17.5 Å². The van der Waals surface area contributed by atoms with E-state index in [2.05, 4.69) is 20.5 Å². The zero-order valence-electron chi connectivity index (χ0n) is 14.9. The van der Waals surface area contributed by atoms with Gasteiger partial charge in [-0.15, -0.1) is 0 Å². The molecule has 0 spiro atoms. The zero-order valence-corrected chi connectivity index (χ0v) is 14.9. The number of aryl methyl sites for hydroxylation is 2. The third-order valence-electron chi connectivity index (χ3n) is 4.94. The van der Waals surface area contributed by atoms with Crippen molar-refractivity contribution >= 4 is 6.03 Å². The highest BCUT2D eigenvalue weighted by atomic mass is 16.2. The number of hydrogen-bond donors (Lipinski definition) is 2. The Balaban J connectivity index is 1.55. The molecule has 0 unspecified atom stereocenters. The second-order valence-electron chi connectivity index (χ2n) is 6.69. The maximum Gasteiger partial charge on any atom is 0.317 e. The molecule has 3 heterocycles. The number of H-pyrrole nitrogens is 1. The SMILES string of the molecule is Cc1[nH]ncc1CCCNC(=O)N1CCCCC[C@H]1c1ccncc1. The summed E-state index contributed by atoms with van der Waals surface area (Å²) in [6, 6.07) is 4.25. The summed E-state index contributed by atoms with van der Waals surface area (Å²) in [5, 5.41) is 10.1. The van der Waals surface area contributed by atoms with Crippen LogP contribution < -0.4 is 5.32 Å². The lowest BCUT2D eigenvalue weighted by atomic mass is 10.0. The van der Waals surface area contributed by atoms with Crippen LogP contribution >= 0.6 is 0 Å². The van der Waals surface area contributed by atoms with Gasteiger partial charge in [0.05, 0.1) is 12.2 Å². The van der Waals surface area contributed by atoms with Crippen molar-refractivity contribution < 1.29 is 4.79 Å². The van der Waals surface area contributed by atoms with E-state index in [9.17, 15) is 4.79 Å². The molecule has 1 saturated heterocycles. The highest BCUT2D eigenvalue weighted by Crippen LogP contribution is 2.29. The normalized spacial score (nSPS) is 18.0. The van der Waals surface area contributed by atoms with Gasteiger partial charge in [0.2, 0.25) is 0 Å². The molecule has 25 heavy (non-hydrogen) atoms. The summed E-state index contributed by atoms with van der Waals surface area (Å²) in [7, 11) is 0. The maximum absolute atomic E-state index is 12.7. The van der Waals surface area contributed by atoms with E-state index in [0.717, 1.165) is 44.3 Å². The molecule has 1 aliphatic rings. The van der Waals surface area contributed by atoms with Gasteiger partial charge in [0.15, 0.2) is 0 Å². The Bertz CT molecular complexity index is 669. The van der Waals surface area contributed by atoms with E-state index >= 15 is 0 Å². The van der Waals surface area contributed by atoms with Crippen molar-refractivity contribution in [2.75, 3.05) is 13.1 Å². The number of urea groups is 1. The van der Waals surface area contributed by atoms with Crippen molar-refractivity contribution in [1.82, 2.24) is 25.4 Å². The summed E-state index contributed by atoms with van der Waals surface area (Å²) >= 11 is 0. The Morgan fingerprint density at radius 1 is 1.32 bits per heavy atom. The standard InChI is InChI=1S/C19H27N5O/c1-15-17(14-22-23-15)6-5-10-21-19(25)24-13-4-2-3-7-18(24)16-8-11-20-12-9-16/h8-9,11-12,14,18H,2-7,10,13H2,1H3,(H,21,25)(H,22,23)/t18-/m0/s1. The molecular formula is C19H27N5O. The van der Waals surface area contributed by atoms with Crippen molar-refractivity contribution in [2.45, 2.75) is 51.5 Å². The Morgan fingerprint density at radius 3 is 2.92 bits per heavy atom. The lowest BCUT2D eigenvalue weighted by Gasteiger charge is -2.30. The summed E-state index contributed by atoms with van der Waals surface area (Å²) in [6.45, 7) is 3.53. The molecule has 2 amide bonds. The predicted molar refractivity (Wildman–Crippen MR) is 97.2 cm³/mol. The largest absolute Gasteiger partial charge is 0.338 e. The lowest BCUT2D eigenvalue weighted by Crippen LogP contribution is -2.42. The van der Waals surface area contributed by atoms with Gasteiger partial charge in [-0.3, -0.25) is 10.1 Å². The number of aromatic nitrogens is 3. The van der Waals surface area contributed by atoms with Gasteiger partial charge < -0.3 is 10.2 Å². The first-order chi connectivity index (χ1) is 12.3. The number of aromatic amines is 1. The molecule has 3 rings (SSSR count). The quantitative estimate of drug-likeness (QED) is 0.819. The number of nitrogens with one attached hydrogen (secondary N) is 2. The number of hydrogen-bond acceptors (Lipinski definition) is 3. The highest BCUT2D eigenvalue weighted by Gasteiger charge is 2.26. The van der Waals surface area contributed by atoms with Crippen LogP contribution in [0.4, 0.5) is 4.79 Å². The van der Waals surface area contributed by atoms with E-state index in [-0.39, 0.29) is 12.1 Å². The molecule has 0 radical (unpaired) electrons. The highest BCUT2D eigenvalue weighted by molar-refractivity contribution is 5.74. The average Bonchev–Trinajstić information content (AvgIpc) is 2.90. The topological polar surface area (TPSA) is 73.9 Å². The van der Waals surface area contributed by atoms with Crippen molar-refractivity contribution in [3.05, 3.63) is 47.5 Å². The molecule has 134 valence electrons. The van der Waals surface area contributed by atoms with Crippen LogP contribution in [0.5, 0.6) is 0 Å². The molecule has 1 atom stereocenters. The van der Waals surface area contributed by atoms with Crippen molar-refractivity contribution in [2.24, 2.45) is 0 Å². The fourth-order valence-corrected chi connectivity index (χ4v) is 3.49. The summed E-state index contributed by atoms with van der Waals surface area (Å²) in [4.78, 5) is 18.8. The molecule has 0 aromatic carbocycles. The summed E-state index contributed by atoms with van der Waals surface area (Å²) in [5.41, 5.74) is 3.51. The summed E-state index contributed by atoms with van der Waals surface area (Å²) in [6.07, 6.45) is 11.8. The zero-order chi connectivity index (χ0) is 17.5. The van der Waals surface area contributed by atoms with Crippen LogP contribution in [-0.4, -0.2) is 39.2 Å². The second kappa shape index (κ2) is 8.65. The van der Waals surface area contributed by atoms with Gasteiger partial charge in [0.1, 0.15) is 0 Å². The number of likely N-dealkylation sites (tertiary alicyclic amines) is 1. The Morgan fingerprint density at radius 2 is 2.16 bits per heavy atom. The smallest absolute Gasteiger partial charge is 0.317 e. The van der Waals surface area contributed by atoms with E-state index in [0.29, 0.717) is 6.54 Å². The maximum atomic E-state index is 12.7.